The van der Waals surface area contributed by atoms with Gasteiger partial charge in [0.25, 0.3) is 5.91 Å². The van der Waals surface area contributed by atoms with Crippen LogP contribution in [0.5, 0.6) is 11.5 Å². The Morgan fingerprint density at radius 3 is 2.58 bits per heavy atom. The van der Waals surface area contributed by atoms with Gasteiger partial charge in [0.2, 0.25) is 0 Å². The average molecular weight is 455 g/mol. The fourth-order valence-electron chi connectivity index (χ4n) is 2.46. The molecule has 0 saturated carbocycles. The predicted molar refractivity (Wildman–Crippen MR) is 98.6 cm³/mol. The van der Waals surface area contributed by atoms with Gasteiger partial charge < -0.3 is 20.2 Å². The number of ether oxygens (including phenoxy) is 2. The summed E-state index contributed by atoms with van der Waals surface area (Å²) < 4.78 is 12.2. The molecule has 6 nitrogen and oxygen atoms in total. The summed E-state index contributed by atoms with van der Waals surface area (Å²) in [7, 11) is 3.13. The van der Waals surface area contributed by atoms with Crippen molar-refractivity contribution in [1.82, 2.24) is 9.97 Å². The quantitative estimate of drug-likeness (QED) is 0.626. The van der Waals surface area contributed by atoms with E-state index in [9.17, 15) is 4.79 Å². The van der Waals surface area contributed by atoms with Crippen molar-refractivity contribution < 1.29 is 14.3 Å². The Bertz CT molecular complexity index is 953. The second-order valence-electron chi connectivity index (χ2n) is 4.94. The summed E-state index contributed by atoms with van der Waals surface area (Å²) in [5, 5.41) is 0. The summed E-state index contributed by atoms with van der Waals surface area (Å²) in [5.41, 5.74) is 7.79. The molecule has 0 aliphatic heterocycles. The lowest BCUT2D eigenvalue weighted by molar-refractivity contribution is 0.100. The van der Waals surface area contributed by atoms with Crippen LogP contribution in [-0.2, 0) is 0 Å². The number of fused-ring (bicyclic) bond motifs is 1. The topological polar surface area (TPSA) is 90.2 Å². The number of nitrogens with one attached hydrogen (secondary N) is 1. The molecule has 0 saturated heterocycles. The number of benzene rings is 2. The number of aromatic nitrogens is 2. The molecule has 24 heavy (non-hydrogen) atoms. The van der Waals surface area contributed by atoms with E-state index >= 15 is 0 Å². The second kappa shape index (κ2) is 6.45. The molecule has 2 aromatic carbocycles. The van der Waals surface area contributed by atoms with Gasteiger partial charge in [-0.2, -0.15) is 0 Å². The van der Waals surface area contributed by atoms with Gasteiger partial charge in [-0.3, -0.25) is 4.79 Å². The van der Waals surface area contributed by atoms with E-state index in [1.165, 1.54) is 0 Å². The first-order chi connectivity index (χ1) is 11.5. The third-order valence-electron chi connectivity index (χ3n) is 3.59. The Hall–Kier alpha value is -2.06. The van der Waals surface area contributed by atoms with Crippen LogP contribution in [0.4, 0.5) is 0 Å². The largest absolute Gasteiger partial charge is 0.493 e. The summed E-state index contributed by atoms with van der Waals surface area (Å²) in [4.78, 5) is 19.3. The number of halogens is 2. The number of nitrogens with two attached hydrogens (primary N) is 1. The zero-order chi connectivity index (χ0) is 17.4. The number of nitrogens with zero attached hydrogens (tertiary/aromatic N) is 1. The highest BCUT2D eigenvalue weighted by molar-refractivity contribution is 9.13. The van der Waals surface area contributed by atoms with Crippen molar-refractivity contribution in [1.29, 1.82) is 0 Å². The smallest absolute Gasteiger partial charge is 0.250 e. The van der Waals surface area contributed by atoms with Crippen LogP contribution in [0, 0.1) is 0 Å². The van der Waals surface area contributed by atoms with Crippen molar-refractivity contribution in [3.63, 3.8) is 0 Å². The summed E-state index contributed by atoms with van der Waals surface area (Å²) in [6.45, 7) is 0. The number of amides is 1. The highest BCUT2D eigenvalue weighted by Crippen LogP contribution is 2.45. The number of para-hydroxylation sites is 1. The Balaban J connectivity index is 2.26. The Morgan fingerprint density at radius 2 is 1.96 bits per heavy atom. The van der Waals surface area contributed by atoms with Gasteiger partial charge in [-0.15, -0.1) is 0 Å². The second-order valence-corrected chi connectivity index (χ2v) is 6.52. The lowest BCUT2D eigenvalue weighted by atomic mass is 10.2. The molecule has 3 N–H and O–H groups in total. The molecule has 3 rings (SSSR count). The highest BCUT2D eigenvalue weighted by atomic mass is 79.9. The van der Waals surface area contributed by atoms with Crippen LogP contribution >= 0.6 is 31.9 Å². The van der Waals surface area contributed by atoms with Crippen LogP contribution in [0.25, 0.3) is 22.4 Å². The number of carbonyl (C=O) groups excluding carboxylic acids is 1. The maximum Gasteiger partial charge on any atom is 0.250 e. The van der Waals surface area contributed by atoms with Gasteiger partial charge in [0, 0.05) is 10.0 Å². The molecule has 0 fully saturated rings. The highest BCUT2D eigenvalue weighted by Gasteiger charge is 2.20. The van der Waals surface area contributed by atoms with E-state index in [2.05, 4.69) is 41.8 Å². The van der Waals surface area contributed by atoms with Crippen molar-refractivity contribution in [2.24, 2.45) is 5.73 Å². The first kappa shape index (κ1) is 16.8. The number of methoxy groups -OCH3 is 2. The molecule has 0 aliphatic rings. The van der Waals surface area contributed by atoms with Crippen LogP contribution in [0.2, 0.25) is 0 Å². The fraction of sp³-hybridized carbons (Fsp3) is 0.125. The standard InChI is InChI=1S/C16H13Br2N3O3/c1-23-10-6-8(11(17)12(18)14(10)24-2)16-20-9-5-3-4-7(15(19)22)13(9)21-16/h3-6H,1-2H3,(H2,19,22)(H,20,21). The number of H-pyrrole nitrogens is 1. The van der Waals surface area contributed by atoms with Crippen molar-refractivity contribution in [3.8, 4) is 22.9 Å². The number of imidazole rings is 1. The van der Waals surface area contributed by atoms with Crippen molar-refractivity contribution in [3.05, 3.63) is 38.8 Å². The molecule has 1 aromatic heterocycles. The van der Waals surface area contributed by atoms with Crippen LogP contribution in [-0.4, -0.2) is 30.1 Å². The maximum absolute atomic E-state index is 11.6. The molecule has 124 valence electrons. The van der Waals surface area contributed by atoms with Crippen molar-refractivity contribution >= 4 is 48.8 Å². The van der Waals surface area contributed by atoms with E-state index in [1.54, 1.807) is 32.4 Å². The zero-order valence-electron chi connectivity index (χ0n) is 12.8. The molecule has 0 spiro atoms. The van der Waals surface area contributed by atoms with Crippen LogP contribution in [0.15, 0.2) is 33.2 Å². The third kappa shape index (κ3) is 2.65. The molecule has 0 atom stereocenters. The van der Waals surface area contributed by atoms with Gasteiger partial charge in [-0.1, -0.05) is 6.07 Å². The number of hydrogen-bond donors (Lipinski definition) is 2. The van der Waals surface area contributed by atoms with E-state index < -0.39 is 5.91 Å². The van der Waals surface area contributed by atoms with E-state index in [0.29, 0.717) is 32.9 Å². The number of hydrogen-bond acceptors (Lipinski definition) is 4. The molecular formula is C16H13Br2N3O3. The van der Waals surface area contributed by atoms with E-state index in [-0.39, 0.29) is 0 Å². The fourth-order valence-corrected chi connectivity index (χ4v) is 3.51. The molecule has 0 unspecified atom stereocenters. The molecule has 8 heteroatoms. The zero-order valence-corrected chi connectivity index (χ0v) is 16.0. The van der Waals surface area contributed by atoms with Crippen molar-refractivity contribution in [2.75, 3.05) is 14.2 Å². The molecular weight excluding hydrogens is 442 g/mol. The summed E-state index contributed by atoms with van der Waals surface area (Å²) in [6.07, 6.45) is 0. The molecule has 0 bridgehead atoms. The van der Waals surface area contributed by atoms with E-state index in [0.717, 1.165) is 15.6 Å². The predicted octanol–water partition coefficient (Wildman–Crippen LogP) is 3.87. The lowest BCUT2D eigenvalue weighted by Gasteiger charge is -2.13. The van der Waals surface area contributed by atoms with Crippen molar-refractivity contribution in [2.45, 2.75) is 0 Å². The minimum absolute atomic E-state index is 0.366. The number of primary amides is 1. The third-order valence-corrected chi connectivity index (χ3v) is 5.70. The monoisotopic (exact) mass is 453 g/mol. The number of aromatic amines is 1. The minimum Gasteiger partial charge on any atom is -0.493 e. The Kier molecular flexibility index (Phi) is 4.51. The first-order valence-corrected chi connectivity index (χ1v) is 8.45. The molecule has 0 radical (unpaired) electrons. The number of rotatable bonds is 4. The summed E-state index contributed by atoms with van der Waals surface area (Å²) >= 11 is 7.04. The molecule has 1 heterocycles. The molecule has 3 aromatic rings. The average Bonchev–Trinajstić information content (AvgIpc) is 3.00. The SMILES string of the molecule is COc1cc(-c2nc3c(C(N)=O)cccc3[nH]2)c(Br)c(Br)c1OC. The van der Waals surface area contributed by atoms with Gasteiger partial charge in [0.15, 0.2) is 11.5 Å². The Morgan fingerprint density at radius 1 is 1.21 bits per heavy atom. The summed E-state index contributed by atoms with van der Waals surface area (Å²) in [6, 6.07) is 7.04. The van der Waals surface area contributed by atoms with Gasteiger partial charge in [-0.25, -0.2) is 4.98 Å². The summed E-state index contributed by atoms with van der Waals surface area (Å²) in [5.74, 6) is 1.18. The lowest BCUT2D eigenvalue weighted by Crippen LogP contribution is -2.11. The van der Waals surface area contributed by atoms with Gasteiger partial charge >= 0.3 is 0 Å². The first-order valence-electron chi connectivity index (χ1n) is 6.86. The molecule has 1 amide bonds. The van der Waals surface area contributed by atoms with Crippen LogP contribution in [0.3, 0.4) is 0 Å². The normalized spacial score (nSPS) is 10.8. The number of carbonyl (C=O) groups is 1. The van der Waals surface area contributed by atoms with Gasteiger partial charge in [-0.05, 0) is 50.1 Å². The maximum atomic E-state index is 11.6. The molecule has 0 aliphatic carbocycles. The van der Waals surface area contributed by atoms with E-state index in [4.69, 9.17) is 15.2 Å². The Labute approximate surface area is 154 Å². The van der Waals surface area contributed by atoms with Gasteiger partial charge in [0.05, 0.1) is 29.8 Å². The minimum atomic E-state index is -0.522. The van der Waals surface area contributed by atoms with Gasteiger partial charge in [0.1, 0.15) is 11.3 Å². The van der Waals surface area contributed by atoms with Crippen LogP contribution < -0.4 is 15.2 Å². The van der Waals surface area contributed by atoms with Crippen LogP contribution in [0.1, 0.15) is 10.4 Å². The van der Waals surface area contributed by atoms with E-state index in [1.807, 2.05) is 6.07 Å².